The molecule has 1 aromatic heterocycles. The minimum absolute atomic E-state index is 0.0463. The van der Waals surface area contributed by atoms with Crippen LogP contribution in [0.4, 0.5) is 5.69 Å². The molecule has 4 atom stereocenters. The Morgan fingerprint density at radius 1 is 1.02 bits per heavy atom. The van der Waals surface area contributed by atoms with Crippen molar-refractivity contribution in [2.24, 2.45) is 0 Å². The van der Waals surface area contributed by atoms with Crippen LogP contribution in [0.25, 0.3) is 0 Å². The minimum atomic E-state index is -3.00. The Balaban J connectivity index is 1.67. The van der Waals surface area contributed by atoms with Gasteiger partial charge in [0, 0.05) is 18.3 Å². The molecule has 0 saturated carbocycles. The van der Waals surface area contributed by atoms with Crippen LogP contribution < -0.4 is 10.4 Å². The summed E-state index contributed by atoms with van der Waals surface area (Å²) in [5, 5.41) is 22.8. The van der Waals surface area contributed by atoms with Gasteiger partial charge in [-0.25, -0.2) is 4.79 Å². The molecule has 41 heavy (non-hydrogen) atoms. The van der Waals surface area contributed by atoms with E-state index >= 15 is 0 Å². The van der Waals surface area contributed by atoms with Crippen molar-refractivity contribution in [1.29, 1.82) is 0 Å². The third-order valence-corrected chi connectivity index (χ3v) is 18.2. The van der Waals surface area contributed by atoms with Gasteiger partial charge in [-0.2, -0.15) is 4.98 Å². The molecule has 2 saturated heterocycles. The Hall–Kier alpha value is -2.47. The van der Waals surface area contributed by atoms with Gasteiger partial charge in [-0.15, -0.1) is 0 Å². The van der Waals surface area contributed by atoms with E-state index in [-0.39, 0.29) is 46.1 Å². The molecule has 226 valence electrons. The van der Waals surface area contributed by atoms with Gasteiger partial charge in [0.1, 0.15) is 18.3 Å². The molecular weight excluding hydrogens is 566 g/mol. The van der Waals surface area contributed by atoms with Crippen LogP contribution in [0.3, 0.4) is 0 Å². The molecule has 0 bridgehead atoms. The summed E-state index contributed by atoms with van der Waals surface area (Å²) in [6.45, 7) is 17.0. The summed E-state index contributed by atoms with van der Waals surface area (Å²) in [7, 11) is -5.80. The number of ether oxygens (including phenoxy) is 2. The summed E-state index contributed by atoms with van der Waals surface area (Å²) in [5.74, 6) is -0.169. The van der Waals surface area contributed by atoms with Crippen molar-refractivity contribution in [1.82, 2.24) is 9.55 Å². The number of rotatable bonds is 8. The van der Waals surface area contributed by atoms with E-state index in [1.165, 1.54) is 35.0 Å². The first kappa shape index (κ1) is 31.5. The molecule has 0 radical (unpaired) electrons. The van der Waals surface area contributed by atoms with Crippen LogP contribution in [0.1, 0.15) is 61.6 Å². The number of aromatic nitrogens is 2. The lowest BCUT2D eigenvalue weighted by atomic mass is 10.1. The van der Waals surface area contributed by atoms with Crippen molar-refractivity contribution in [3.8, 4) is 11.6 Å². The first-order chi connectivity index (χ1) is 19.2. The van der Waals surface area contributed by atoms with Crippen molar-refractivity contribution in [2.75, 3.05) is 6.61 Å². The molecule has 0 amide bonds. The van der Waals surface area contributed by atoms with Crippen LogP contribution in [-0.2, 0) is 17.7 Å². The summed E-state index contributed by atoms with van der Waals surface area (Å²) >= 11 is 0. The maximum Gasteiger partial charge on any atom is 0.353 e. The fraction of sp³-hybridized carbons (Fsp3) is 0.630. The third kappa shape index (κ3) is 5.78. The average molecular weight is 608 g/mol. The molecule has 14 heteroatoms. The number of benzene rings is 1. The highest BCUT2D eigenvalue weighted by molar-refractivity contribution is 6.84. The molecule has 3 heterocycles. The van der Waals surface area contributed by atoms with E-state index in [4.69, 9.17) is 22.4 Å². The van der Waals surface area contributed by atoms with E-state index in [1.807, 2.05) is 0 Å². The SMILES string of the molecule is CC(C)[Si]1(C(C)C)OC[C@H]2O[C@@H](n3ccc(Oc4ccccc4[N+](=O)[O-])nc3=O)[C@H](O)[C@@H]2O[Si](C(C)C)(C(C)C)O1. The van der Waals surface area contributed by atoms with Gasteiger partial charge >= 0.3 is 28.5 Å². The molecule has 2 aliphatic rings. The van der Waals surface area contributed by atoms with Crippen LogP contribution in [0.5, 0.6) is 11.6 Å². The predicted octanol–water partition coefficient (Wildman–Crippen LogP) is 5.16. The second-order valence-corrected chi connectivity index (χ2v) is 20.7. The lowest BCUT2D eigenvalue weighted by Crippen LogP contribution is -2.65. The summed E-state index contributed by atoms with van der Waals surface area (Å²) in [6.07, 6.45) is -2.32. The Morgan fingerprint density at radius 3 is 2.20 bits per heavy atom. The first-order valence-corrected chi connectivity index (χ1v) is 18.0. The number of nitrogens with zero attached hydrogens (tertiary/aromatic N) is 3. The molecule has 2 aliphatic heterocycles. The van der Waals surface area contributed by atoms with Gasteiger partial charge in [0.25, 0.3) is 0 Å². The fourth-order valence-corrected chi connectivity index (χ4v) is 17.0. The van der Waals surface area contributed by atoms with E-state index in [9.17, 15) is 20.0 Å². The zero-order chi connectivity index (χ0) is 30.3. The Morgan fingerprint density at radius 2 is 1.63 bits per heavy atom. The normalized spacial score (nSPS) is 25.8. The average Bonchev–Trinajstić information content (AvgIpc) is 3.17. The number of hydrogen-bond acceptors (Lipinski definition) is 10. The van der Waals surface area contributed by atoms with E-state index in [0.717, 1.165) is 0 Å². The molecule has 2 fully saturated rings. The second-order valence-electron chi connectivity index (χ2n) is 11.9. The van der Waals surface area contributed by atoms with Gasteiger partial charge in [0.05, 0.1) is 11.5 Å². The number of fused-ring (bicyclic) bond motifs is 1. The summed E-state index contributed by atoms with van der Waals surface area (Å²) in [4.78, 5) is 27.8. The van der Waals surface area contributed by atoms with Crippen molar-refractivity contribution < 1.29 is 32.5 Å². The second kappa shape index (κ2) is 12.0. The Bertz CT molecular complexity index is 1290. The molecule has 4 rings (SSSR count). The predicted molar refractivity (Wildman–Crippen MR) is 155 cm³/mol. The van der Waals surface area contributed by atoms with Crippen LogP contribution in [0.2, 0.25) is 22.2 Å². The van der Waals surface area contributed by atoms with Crippen LogP contribution in [0, 0.1) is 10.1 Å². The molecule has 0 spiro atoms. The van der Waals surface area contributed by atoms with E-state index in [1.54, 1.807) is 6.07 Å². The van der Waals surface area contributed by atoms with Gasteiger partial charge in [-0.05, 0) is 28.2 Å². The molecule has 2 aromatic rings. The number of aliphatic hydroxyl groups excluding tert-OH is 1. The zero-order valence-corrected chi connectivity index (χ0v) is 26.8. The summed E-state index contributed by atoms with van der Waals surface area (Å²) in [6, 6.07) is 7.21. The Labute approximate surface area is 242 Å². The molecule has 1 aromatic carbocycles. The van der Waals surface area contributed by atoms with Crippen molar-refractivity contribution >= 4 is 22.8 Å². The zero-order valence-electron chi connectivity index (χ0n) is 24.8. The minimum Gasteiger partial charge on any atom is -0.432 e. The largest absolute Gasteiger partial charge is 0.432 e. The third-order valence-electron chi connectivity index (χ3n) is 8.00. The lowest BCUT2D eigenvalue weighted by Gasteiger charge is -2.51. The fourth-order valence-electron chi connectivity index (χ4n) is 5.82. The highest BCUT2D eigenvalue weighted by Crippen LogP contribution is 2.48. The van der Waals surface area contributed by atoms with Crippen LogP contribution in [0.15, 0.2) is 41.3 Å². The van der Waals surface area contributed by atoms with E-state index < -0.39 is 52.3 Å². The lowest BCUT2D eigenvalue weighted by molar-refractivity contribution is -0.385. The van der Waals surface area contributed by atoms with Crippen LogP contribution >= 0.6 is 0 Å². The maximum absolute atomic E-state index is 13.1. The number of hydrogen-bond donors (Lipinski definition) is 1. The van der Waals surface area contributed by atoms with Crippen molar-refractivity contribution in [3.05, 3.63) is 57.1 Å². The van der Waals surface area contributed by atoms with Gasteiger partial charge in [0.15, 0.2) is 6.23 Å². The highest BCUT2D eigenvalue weighted by atomic mass is 28.5. The van der Waals surface area contributed by atoms with Gasteiger partial charge in [0.2, 0.25) is 11.6 Å². The van der Waals surface area contributed by atoms with Crippen LogP contribution in [-0.4, -0.2) is 61.6 Å². The van der Waals surface area contributed by atoms with Gasteiger partial charge in [-0.1, -0.05) is 67.5 Å². The number of para-hydroxylation sites is 2. The van der Waals surface area contributed by atoms with Crippen molar-refractivity contribution in [3.63, 3.8) is 0 Å². The van der Waals surface area contributed by atoms with Gasteiger partial charge < -0.3 is 27.5 Å². The molecule has 0 aliphatic carbocycles. The molecule has 0 unspecified atom stereocenters. The number of aliphatic hydroxyl groups is 1. The monoisotopic (exact) mass is 607 g/mol. The molecule has 1 N–H and O–H groups in total. The standard InChI is InChI=1S/C27H41N3O9Si2/c1-16(2)40(17(3)4)35-15-22-25(38-41(39-40,18(5)6)19(7)8)24(31)26(37-22)29-14-13-23(28-27(29)32)36-21-12-10-9-11-20(21)30(33)34/h9-14,16-19,22,24-26,31H,15H2,1-8H3/t22-,24-,25-,26-/m1/s1. The van der Waals surface area contributed by atoms with E-state index in [2.05, 4.69) is 60.4 Å². The summed E-state index contributed by atoms with van der Waals surface area (Å²) in [5.41, 5.74) is -0.593. The number of nitro groups is 1. The number of nitro benzene ring substituents is 1. The first-order valence-electron chi connectivity index (χ1n) is 14.1. The van der Waals surface area contributed by atoms with E-state index in [0.29, 0.717) is 0 Å². The summed E-state index contributed by atoms with van der Waals surface area (Å²) < 4.78 is 33.8. The Kier molecular flexibility index (Phi) is 9.23. The van der Waals surface area contributed by atoms with Gasteiger partial charge in [-0.3, -0.25) is 14.7 Å². The smallest absolute Gasteiger partial charge is 0.353 e. The highest BCUT2D eigenvalue weighted by Gasteiger charge is 2.61. The molecule has 12 nitrogen and oxygen atoms in total. The molecular formula is C27H41N3O9Si2. The van der Waals surface area contributed by atoms with Crippen molar-refractivity contribution in [2.45, 2.75) is 102 Å². The quantitative estimate of drug-likeness (QED) is 0.243. The maximum atomic E-state index is 13.1. The topological polar surface area (TPSA) is 144 Å².